The van der Waals surface area contributed by atoms with Crippen molar-refractivity contribution in [2.24, 2.45) is 5.73 Å². The maximum atomic E-state index is 11.8. The van der Waals surface area contributed by atoms with Gasteiger partial charge in [-0.25, -0.2) is 0 Å². The third kappa shape index (κ3) is 10.4. The largest absolute Gasteiger partial charge is 0.481 e. The predicted molar refractivity (Wildman–Crippen MR) is 89.1 cm³/mol. The zero-order valence-corrected chi connectivity index (χ0v) is 14.8. The third-order valence-corrected chi connectivity index (χ3v) is 3.09. The highest BCUT2D eigenvalue weighted by Crippen LogP contribution is 1.91. The van der Waals surface area contributed by atoms with Crippen LogP contribution >= 0.6 is 0 Å². The van der Waals surface area contributed by atoms with Gasteiger partial charge in [-0.3, -0.25) is 28.8 Å². The summed E-state index contributed by atoms with van der Waals surface area (Å²) in [6.07, 6.45) is -0.607. The van der Waals surface area contributed by atoms with E-state index in [1.807, 2.05) is 0 Å². The van der Waals surface area contributed by atoms with Gasteiger partial charge in [0.05, 0.1) is 19.0 Å². The number of nitrogens with one attached hydrogen (secondary N) is 4. The van der Waals surface area contributed by atoms with Crippen LogP contribution in [0.25, 0.3) is 0 Å². The molecule has 0 aromatic carbocycles. The zero-order valence-electron chi connectivity index (χ0n) is 14.8. The fourth-order valence-electron chi connectivity index (χ4n) is 1.66. The molecule has 0 heterocycles. The molecule has 8 N–H and O–H groups in total. The molecule has 0 saturated heterocycles. The molecule has 0 spiro atoms. The number of aliphatic carboxylic acids is 2. The Bertz CT molecular complexity index is 608. The smallest absolute Gasteiger partial charge is 0.322 e. The van der Waals surface area contributed by atoms with E-state index >= 15 is 0 Å². The highest BCUT2D eigenvalue weighted by atomic mass is 16.4. The van der Waals surface area contributed by atoms with Gasteiger partial charge in [-0.15, -0.1) is 0 Å². The fraction of sp³-hybridized carbons (Fsp3) is 0.571. The van der Waals surface area contributed by atoms with Crippen molar-refractivity contribution in [3.63, 3.8) is 0 Å². The molecule has 0 saturated carbocycles. The minimum atomic E-state index is -1.33. The van der Waals surface area contributed by atoms with Crippen LogP contribution < -0.4 is 27.0 Å². The number of carbonyl (C=O) groups is 6. The van der Waals surface area contributed by atoms with Gasteiger partial charge in [0, 0.05) is 0 Å². The Kier molecular flexibility index (Phi) is 10.0. The van der Waals surface area contributed by atoms with E-state index in [0.717, 1.165) is 0 Å². The van der Waals surface area contributed by atoms with Crippen LogP contribution in [0, 0.1) is 0 Å². The number of nitrogens with two attached hydrogens (primary N) is 1. The van der Waals surface area contributed by atoms with Gasteiger partial charge >= 0.3 is 11.9 Å². The number of carbonyl (C=O) groups excluding carboxylic acids is 4. The maximum Gasteiger partial charge on any atom is 0.322 e. The van der Waals surface area contributed by atoms with Gasteiger partial charge in [0.2, 0.25) is 23.6 Å². The summed E-state index contributed by atoms with van der Waals surface area (Å²) in [5.41, 5.74) is 5.35. The molecule has 0 unspecified atom stereocenters. The molecule has 152 valence electrons. The first-order valence-corrected chi connectivity index (χ1v) is 7.78. The standard InChI is InChI=1S/C14H23N5O8/c1-6(12(25)17-5-11(23)24)18-9(20)4-16-13(26)7(2)19-14(27)8(15)3-10(21)22/h6-8H,3-5,15H2,1-2H3,(H,16,26)(H,17,25)(H,18,20)(H,19,27)(H,21,22)(H,23,24)/t6-,7-,8-/m0/s1. The molecule has 0 fully saturated rings. The quantitative estimate of drug-likeness (QED) is 0.183. The lowest BCUT2D eigenvalue weighted by molar-refractivity contribution is -0.140. The zero-order chi connectivity index (χ0) is 21.1. The van der Waals surface area contributed by atoms with E-state index in [1.54, 1.807) is 0 Å². The number of hydrogen-bond donors (Lipinski definition) is 7. The summed E-state index contributed by atoms with van der Waals surface area (Å²) in [7, 11) is 0. The molecule has 0 aliphatic rings. The van der Waals surface area contributed by atoms with Gasteiger partial charge in [0.25, 0.3) is 0 Å². The molecule has 4 amide bonds. The number of rotatable bonds is 11. The van der Waals surface area contributed by atoms with E-state index in [0.29, 0.717) is 0 Å². The number of amides is 4. The van der Waals surface area contributed by atoms with Crippen LogP contribution in [0.15, 0.2) is 0 Å². The topological polar surface area (TPSA) is 217 Å². The average molecular weight is 389 g/mol. The van der Waals surface area contributed by atoms with Crippen LogP contribution in [0.1, 0.15) is 20.3 Å². The lowest BCUT2D eigenvalue weighted by Crippen LogP contribution is -2.53. The maximum absolute atomic E-state index is 11.8. The molecule has 3 atom stereocenters. The Hall–Kier alpha value is -3.22. The van der Waals surface area contributed by atoms with Crippen LogP contribution in [-0.2, 0) is 28.8 Å². The first-order valence-electron chi connectivity index (χ1n) is 7.78. The second-order valence-electron chi connectivity index (χ2n) is 5.55. The second-order valence-corrected chi connectivity index (χ2v) is 5.55. The Morgan fingerprint density at radius 2 is 1.26 bits per heavy atom. The molecule has 27 heavy (non-hydrogen) atoms. The van der Waals surface area contributed by atoms with Gasteiger partial charge in [0.15, 0.2) is 0 Å². The predicted octanol–water partition coefficient (Wildman–Crippen LogP) is -3.89. The van der Waals surface area contributed by atoms with Gasteiger partial charge in [-0.05, 0) is 13.8 Å². The molecule has 13 nitrogen and oxygen atoms in total. The van der Waals surface area contributed by atoms with Gasteiger partial charge in [-0.1, -0.05) is 0 Å². The van der Waals surface area contributed by atoms with Crippen molar-refractivity contribution in [3.8, 4) is 0 Å². The first kappa shape index (κ1) is 23.8. The van der Waals surface area contributed by atoms with Crippen LogP contribution in [0.5, 0.6) is 0 Å². The van der Waals surface area contributed by atoms with Crippen molar-refractivity contribution in [2.75, 3.05) is 13.1 Å². The van der Waals surface area contributed by atoms with Crippen molar-refractivity contribution < 1.29 is 39.0 Å². The van der Waals surface area contributed by atoms with Crippen molar-refractivity contribution in [3.05, 3.63) is 0 Å². The minimum Gasteiger partial charge on any atom is -0.481 e. The molecular weight excluding hydrogens is 366 g/mol. The fourth-order valence-corrected chi connectivity index (χ4v) is 1.66. The van der Waals surface area contributed by atoms with Crippen molar-refractivity contribution >= 4 is 35.6 Å². The summed E-state index contributed by atoms with van der Waals surface area (Å²) >= 11 is 0. The van der Waals surface area contributed by atoms with Gasteiger partial charge < -0.3 is 37.2 Å². The highest BCUT2D eigenvalue weighted by Gasteiger charge is 2.22. The van der Waals surface area contributed by atoms with Gasteiger partial charge in [-0.2, -0.15) is 0 Å². The van der Waals surface area contributed by atoms with Crippen molar-refractivity contribution in [1.82, 2.24) is 21.3 Å². The summed E-state index contributed by atoms with van der Waals surface area (Å²) in [5.74, 6) is -5.52. The second kappa shape index (κ2) is 11.4. The Labute approximate surface area is 154 Å². The van der Waals surface area contributed by atoms with E-state index in [4.69, 9.17) is 15.9 Å². The highest BCUT2D eigenvalue weighted by molar-refractivity contribution is 5.94. The van der Waals surface area contributed by atoms with Crippen LogP contribution in [0.4, 0.5) is 0 Å². The Morgan fingerprint density at radius 1 is 0.778 bits per heavy atom. The van der Waals surface area contributed by atoms with E-state index in [2.05, 4.69) is 21.3 Å². The SMILES string of the molecule is C[C@H](NC(=O)CNC(=O)[C@H](C)NC(=O)[C@@H](N)CC(=O)O)C(=O)NCC(=O)O. The van der Waals surface area contributed by atoms with E-state index in [-0.39, 0.29) is 0 Å². The van der Waals surface area contributed by atoms with Crippen LogP contribution in [0.3, 0.4) is 0 Å². The Morgan fingerprint density at radius 3 is 1.74 bits per heavy atom. The number of carboxylic acid groups (broad SMARTS) is 2. The van der Waals surface area contributed by atoms with Gasteiger partial charge in [0.1, 0.15) is 18.6 Å². The average Bonchev–Trinajstić information content (AvgIpc) is 2.56. The molecular formula is C14H23N5O8. The molecule has 0 rings (SSSR count). The summed E-state index contributed by atoms with van der Waals surface area (Å²) < 4.78 is 0. The Balaban J connectivity index is 4.30. The minimum absolute atomic E-state index is 0.503. The van der Waals surface area contributed by atoms with Crippen LogP contribution in [0.2, 0.25) is 0 Å². The van der Waals surface area contributed by atoms with E-state index in [9.17, 15) is 28.8 Å². The summed E-state index contributed by atoms with van der Waals surface area (Å²) in [5, 5.41) is 25.7. The third-order valence-electron chi connectivity index (χ3n) is 3.09. The molecule has 0 aromatic rings. The lowest BCUT2D eigenvalue weighted by atomic mass is 10.2. The van der Waals surface area contributed by atoms with E-state index < -0.39 is 73.2 Å². The van der Waals surface area contributed by atoms with Crippen LogP contribution in [-0.4, -0.2) is 77.0 Å². The normalized spacial score (nSPS) is 13.4. The molecule has 0 radical (unpaired) electrons. The first-order chi connectivity index (χ1) is 12.4. The lowest BCUT2D eigenvalue weighted by Gasteiger charge is -2.17. The summed E-state index contributed by atoms with van der Waals surface area (Å²) in [6.45, 7) is 1.53. The van der Waals surface area contributed by atoms with Crippen molar-refractivity contribution in [2.45, 2.75) is 38.4 Å². The number of hydrogen-bond acceptors (Lipinski definition) is 7. The summed E-state index contributed by atoms with van der Waals surface area (Å²) in [4.78, 5) is 67.5. The van der Waals surface area contributed by atoms with Crippen molar-refractivity contribution in [1.29, 1.82) is 0 Å². The number of carboxylic acids is 2. The monoisotopic (exact) mass is 389 g/mol. The molecule has 0 bridgehead atoms. The molecule has 0 aliphatic heterocycles. The molecule has 0 aromatic heterocycles. The molecule has 0 aliphatic carbocycles. The summed E-state index contributed by atoms with van der Waals surface area (Å²) in [6, 6.07) is -3.44. The molecule has 13 heteroatoms. The van der Waals surface area contributed by atoms with E-state index in [1.165, 1.54) is 13.8 Å².